The van der Waals surface area contributed by atoms with Crippen LogP contribution in [0, 0.1) is 0 Å². The van der Waals surface area contributed by atoms with E-state index in [2.05, 4.69) is 28.1 Å². The van der Waals surface area contributed by atoms with E-state index < -0.39 is 0 Å². The second-order valence-electron chi connectivity index (χ2n) is 6.52. The van der Waals surface area contributed by atoms with Crippen molar-refractivity contribution in [3.63, 3.8) is 0 Å². The highest BCUT2D eigenvalue weighted by atomic mass is 16.5. The maximum Gasteiger partial charge on any atom is 0.321 e. The van der Waals surface area contributed by atoms with Crippen molar-refractivity contribution in [3.05, 3.63) is 60.2 Å². The molecular weight excluding hydrogens is 356 g/mol. The molecule has 1 saturated heterocycles. The normalized spacial score (nSPS) is 13.3. The van der Waals surface area contributed by atoms with Crippen LogP contribution in [0.5, 0.6) is 0 Å². The number of hydrogen-bond acceptors (Lipinski definition) is 3. The number of amides is 4. The average Bonchev–Trinajstić information content (AvgIpc) is 3.14. The van der Waals surface area contributed by atoms with Crippen LogP contribution >= 0.6 is 0 Å². The van der Waals surface area contributed by atoms with Crippen LogP contribution in [0.3, 0.4) is 0 Å². The zero-order valence-electron chi connectivity index (χ0n) is 15.8. The van der Waals surface area contributed by atoms with Gasteiger partial charge in [0.25, 0.3) is 0 Å². The van der Waals surface area contributed by atoms with E-state index >= 15 is 0 Å². The molecule has 7 nitrogen and oxygen atoms in total. The molecular formula is C21H26N4O3. The van der Waals surface area contributed by atoms with Gasteiger partial charge >= 0.3 is 12.1 Å². The Labute approximate surface area is 165 Å². The van der Waals surface area contributed by atoms with Crippen molar-refractivity contribution in [2.75, 3.05) is 43.1 Å². The number of carbonyl (C=O) groups excluding carboxylic acids is 2. The number of anilines is 2. The standard InChI is InChI=1S/C21H26N4O3/c26-20(22-11-5-14-28-15-10-17-6-2-1-3-7-17)24-18-8-4-9-19(16-18)25-13-12-23-21(25)27/h1-4,6-9,16H,5,10-15H2,(H,23,27)(H2,22,24,26). The summed E-state index contributed by atoms with van der Waals surface area (Å²) in [5.41, 5.74) is 2.67. The minimum absolute atomic E-state index is 0.117. The van der Waals surface area contributed by atoms with E-state index in [4.69, 9.17) is 4.74 Å². The third kappa shape index (κ3) is 5.99. The lowest BCUT2D eigenvalue weighted by Gasteiger charge is -2.15. The predicted octanol–water partition coefficient (Wildman–Crippen LogP) is 2.99. The van der Waals surface area contributed by atoms with Crippen molar-refractivity contribution in [3.8, 4) is 0 Å². The van der Waals surface area contributed by atoms with Gasteiger partial charge in [-0.3, -0.25) is 4.90 Å². The Morgan fingerprint density at radius 1 is 1.11 bits per heavy atom. The van der Waals surface area contributed by atoms with Crippen LogP contribution in [-0.4, -0.2) is 44.9 Å². The number of rotatable bonds is 9. The van der Waals surface area contributed by atoms with Gasteiger partial charge in [-0.15, -0.1) is 0 Å². The van der Waals surface area contributed by atoms with Gasteiger partial charge in [0.2, 0.25) is 0 Å². The van der Waals surface area contributed by atoms with E-state index in [1.807, 2.05) is 30.3 Å². The molecule has 1 aliphatic heterocycles. The van der Waals surface area contributed by atoms with E-state index in [0.29, 0.717) is 38.5 Å². The monoisotopic (exact) mass is 382 g/mol. The number of nitrogens with one attached hydrogen (secondary N) is 3. The molecule has 0 aliphatic carbocycles. The topological polar surface area (TPSA) is 82.7 Å². The van der Waals surface area contributed by atoms with Crippen molar-refractivity contribution in [2.45, 2.75) is 12.8 Å². The maximum atomic E-state index is 12.0. The summed E-state index contributed by atoms with van der Waals surface area (Å²) in [4.78, 5) is 25.4. The molecule has 148 valence electrons. The molecule has 0 atom stereocenters. The molecule has 0 saturated carbocycles. The van der Waals surface area contributed by atoms with Gasteiger partial charge < -0.3 is 20.7 Å². The van der Waals surface area contributed by atoms with Crippen molar-refractivity contribution >= 4 is 23.4 Å². The van der Waals surface area contributed by atoms with Gasteiger partial charge in [-0.05, 0) is 36.6 Å². The smallest absolute Gasteiger partial charge is 0.321 e. The summed E-state index contributed by atoms with van der Waals surface area (Å²) >= 11 is 0. The summed E-state index contributed by atoms with van der Waals surface area (Å²) in [6.45, 7) is 3.06. The third-order valence-electron chi connectivity index (χ3n) is 4.40. The van der Waals surface area contributed by atoms with Crippen LogP contribution < -0.4 is 20.9 Å². The van der Waals surface area contributed by atoms with Crippen LogP contribution in [0.15, 0.2) is 54.6 Å². The second kappa shape index (κ2) is 10.3. The molecule has 0 bridgehead atoms. The number of nitrogens with zero attached hydrogens (tertiary/aromatic N) is 1. The first kappa shape index (κ1) is 19.7. The van der Waals surface area contributed by atoms with Gasteiger partial charge in [0.05, 0.1) is 6.61 Å². The fourth-order valence-electron chi connectivity index (χ4n) is 2.96. The molecule has 0 spiro atoms. The highest BCUT2D eigenvalue weighted by Crippen LogP contribution is 2.20. The van der Waals surface area contributed by atoms with Crippen molar-refractivity contribution < 1.29 is 14.3 Å². The molecule has 3 N–H and O–H groups in total. The van der Waals surface area contributed by atoms with Crippen LogP contribution in [0.4, 0.5) is 21.0 Å². The van der Waals surface area contributed by atoms with Gasteiger partial charge in [0, 0.05) is 37.6 Å². The first-order valence-corrected chi connectivity index (χ1v) is 9.54. The Balaban J connectivity index is 1.31. The van der Waals surface area contributed by atoms with Crippen molar-refractivity contribution in [1.82, 2.24) is 10.6 Å². The summed E-state index contributed by atoms with van der Waals surface area (Å²) < 4.78 is 5.61. The van der Waals surface area contributed by atoms with Crippen LogP contribution in [0.2, 0.25) is 0 Å². The van der Waals surface area contributed by atoms with E-state index in [-0.39, 0.29) is 12.1 Å². The predicted molar refractivity (Wildman–Crippen MR) is 110 cm³/mol. The van der Waals surface area contributed by atoms with Gasteiger partial charge in [0.1, 0.15) is 0 Å². The number of carbonyl (C=O) groups is 2. The molecule has 7 heteroatoms. The molecule has 1 fully saturated rings. The maximum absolute atomic E-state index is 12.0. The lowest BCUT2D eigenvalue weighted by molar-refractivity contribution is 0.135. The van der Waals surface area contributed by atoms with Crippen LogP contribution in [-0.2, 0) is 11.2 Å². The summed E-state index contributed by atoms with van der Waals surface area (Å²) in [5, 5.41) is 8.37. The molecule has 4 amide bonds. The van der Waals surface area contributed by atoms with Crippen molar-refractivity contribution in [2.24, 2.45) is 0 Å². The largest absolute Gasteiger partial charge is 0.381 e. The molecule has 2 aromatic carbocycles. The lowest BCUT2D eigenvalue weighted by atomic mass is 10.2. The number of ether oxygens (including phenoxy) is 1. The first-order valence-electron chi connectivity index (χ1n) is 9.54. The Morgan fingerprint density at radius 2 is 1.96 bits per heavy atom. The van der Waals surface area contributed by atoms with E-state index in [1.165, 1.54) is 5.56 Å². The molecule has 0 radical (unpaired) electrons. The molecule has 1 aliphatic rings. The molecule has 1 heterocycles. The SMILES string of the molecule is O=C(NCCCOCCc1ccccc1)Nc1cccc(N2CCNC2=O)c1. The summed E-state index contributed by atoms with van der Waals surface area (Å²) in [6, 6.07) is 17.1. The Hall–Kier alpha value is -3.06. The highest BCUT2D eigenvalue weighted by molar-refractivity contribution is 5.95. The second-order valence-corrected chi connectivity index (χ2v) is 6.52. The van der Waals surface area contributed by atoms with Crippen molar-refractivity contribution in [1.29, 1.82) is 0 Å². The zero-order valence-corrected chi connectivity index (χ0v) is 15.8. The van der Waals surface area contributed by atoms with Gasteiger partial charge in [-0.25, -0.2) is 9.59 Å². The van der Waals surface area contributed by atoms with Gasteiger partial charge in [0.15, 0.2) is 0 Å². The molecule has 28 heavy (non-hydrogen) atoms. The molecule has 3 rings (SSSR count). The molecule has 0 unspecified atom stereocenters. The minimum atomic E-state index is -0.271. The Bertz CT molecular complexity index is 782. The average molecular weight is 382 g/mol. The van der Waals surface area contributed by atoms with E-state index in [0.717, 1.165) is 18.5 Å². The van der Waals surface area contributed by atoms with Crippen LogP contribution in [0.1, 0.15) is 12.0 Å². The fraction of sp³-hybridized carbons (Fsp3) is 0.333. The van der Waals surface area contributed by atoms with E-state index in [1.54, 1.807) is 17.0 Å². The van der Waals surface area contributed by atoms with Gasteiger partial charge in [-0.2, -0.15) is 0 Å². The molecule has 0 aromatic heterocycles. The number of benzene rings is 2. The van der Waals surface area contributed by atoms with Gasteiger partial charge in [-0.1, -0.05) is 36.4 Å². The summed E-state index contributed by atoms with van der Waals surface area (Å²) in [7, 11) is 0. The zero-order chi connectivity index (χ0) is 19.6. The summed E-state index contributed by atoms with van der Waals surface area (Å²) in [6.07, 6.45) is 1.64. The third-order valence-corrected chi connectivity index (χ3v) is 4.40. The quantitative estimate of drug-likeness (QED) is 0.583. The first-order chi connectivity index (χ1) is 13.7. The Morgan fingerprint density at radius 3 is 2.75 bits per heavy atom. The lowest BCUT2D eigenvalue weighted by Crippen LogP contribution is -2.30. The number of urea groups is 2. The number of hydrogen-bond donors (Lipinski definition) is 3. The van der Waals surface area contributed by atoms with E-state index in [9.17, 15) is 9.59 Å². The summed E-state index contributed by atoms with van der Waals surface area (Å²) in [5.74, 6) is 0. The highest BCUT2D eigenvalue weighted by Gasteiger charge is 2.21. The minimum Gasteiger partial charge on any atom is -0.381 e. The van der Waals surface area contributed by atoms with Crippen LogP contribution in [0.25, 0.3) is 0 Å². The fourth-order valence-corrected chi connectivity index (χ4v) is 2.96. The Kier molecular flexibility index (Phi) is 7.26. The molecule has 2 aromatic rings.